The summed E-state index contributed by atoms with van der Waals surface area (Å²) < 4.78 is 2.04. The molecule has 0 aliphatic carbocycles. The smallest absolute Gasteiger partial charge is 0.139 e. The van der Waals surface area contributed by atoms with Gasteiger partial charge in [-0.15, -0.1) is 35.4 Å². The van der Waals surface area contributed by atoms with Crippen molar-refractivity contribution >= 4 is 21.9 Å². The number of nitrogens with zero attached hydrogens (tertiary/aromatic N) is 3. The second-order valence-electron chi connectivity index (χ2n) is 11.7. The van der Waals surface area contributed by atoms with E-state index in [1.165, 1.54) is 22.3 Å². The minimum absolute atomic E-state index is 0. The Balaban J connectivity index is 0.00000343. The largest absolute Gasteiger partial charge is 0.506 e. The third-order valence-corrected chi connectivity index (χ3v) is 8.56. The van der Waals surface area contributed by atoms with Crippen molar-refractivity contribution in [3.63, 3.8) is 0 Å². The Morgan fingerprint density at radius 3 is 2.27 bits per heavy atom. The molecule has 7 rings (SSSR count). The number of phenols is 1. The number of para-hydroxylation sites is 3. The summed E-state index contributed by atoms with van der Waals surface area (Å²) in [4.78, 5) is 10.0. The first kappa shape index (κ1) is 29.5. The number of rotatable bonds is 5. The summed E-state index contributed by atoms with van der Waals surface area (Å²) in [5.74, 6) is 0.211. The number of aryl methyl sites for hydroxylation is 2. The van der Waals surface area contributed by atoms with Crippen molar-refractivity contribution in [1.82, 2.24) is 14.5 Å². The van der Waals surface area contributed by atoms with Gasteiger partial charge in [0.25, 0.3) is 0 Å². The fourth-order valence-corrected chi connectivity index (χ4v) is 6.21. The van der Waals surface area contributed by atoms with E-state index in [-0.39, 0.29) is 26.8 Å². The van der Waals surface area contributed by atoms with Crippen LogP contribution in [0.15, 0.2) is 115 Å². The zero-order valence-corrected chi connectivity index (χ0v) is 27.3. The van der Waals surface area contributed by atoms with Gasteiger partial charge in [0.15, 0.2) is 0 Å². The molecule has 0 aliphatic heterocycles. The number of aromatic nitrogens is 3. The van der Waals surface area contributed by atoms with Gasteiger partial charge in [-0.3, -0.25) is 14.5 Å². The molecule has 0 bridgehead atoms. The molecule has 0 unspecified atom stereocenters. The zero-order chi connectivity index (χ0) is 29.7. The second kappa shape index (κ2) is 11.5. The molecule has 0 atom stereocenters. The third kappa shape index (κ3) is 4.94. The number of hydrogen-bond donors (Lipinski definition) is 1. The van der Waals surface area contributed by atoms with Gasteiger partial charge in [0.05, 0.1) is 11.2 Å². The van der Waals surface area contributed by atoms with Crippen LogP contribution in [0.4, 0.5) is 0 Å². The summed E-state index contributed by atoms with van der Waals surface area (Å²) in [6, 6.07) is 40.5. The minimum atomic E-state index is -0.391. The van der Waals surface area contributed by atoms with E-state index in [9.17, 15) is 5.11 Å². The van der Waals surface area contributed by atoms with Crippen LogP contribution in [0.3, 0.4) is 0 Å². The number of benzene rings is 4. The van der Waals surface area contributed by atoms with Gasteiger partial charge in [-0.2, -0.15) is 0 Å². The molecular weight excluding hydrogens is 722 g/mol. The van der Waals surface area contributed by atoms with Crippen LogP contribution in [0, 0.1) is 19.9 Å². The van der Waals surface area contributed by atoms with Crippen molar-refractivity contribution < 1.29 is 26.2 Å². The molecule has 1 N–H and O–H groups in total. The van der Waals surface area contributed by atoms with E-state index in [4.69, 9.17) is 9.97 Å². The van der Waals surface area contributed by atoms with Crippen LogP contribution >= 0.6 is 0 Å². The predicted octanol–water partition coefficient (Wildman–Crippen LogP) is 9.35. The fourth-order valence-electron chi connectivity index (χ4n) is 6.21. The molecule has 0 saturated carbocycles. The van der Waals surface area contributed by atoms with E-state index in [0.29, 0.717) is 5.69 Å². The van der Waals surface area contributed by atoms with E-state index in [0.717, 1.165) is 44.5 Å². The van der Waals surface area contributed by atoms with Crippen LogP contribution < -0.4 is 0 Å². The number of phenolic OH excluding ortho intramolecular Hbond substituents is 1. The van der Waals surface area contributed by atoms with Crippen molar-refractivity contribution in [3.05, 3.63) is 144 Å². The van der Waals surface area contributed by atoms with Crippen molar-refractivity contribution in [1.29, 1.82) is 0 Å². The van der Waals surface area contributed by atoms with E-state index in [2.05, 4.69) is 107 Å². The molecule has 5 heteroatoms. The van der Waals surface area contributed by atoms with Crippen molar-refractivity contribution in [3.8, 4) is 33.8 Å². The molecule has 3 heterocycles. The molecule has 44 heavy (non-hydrogen) atoms. The maximum atomic E-state index is 10.8. The summed E-state index contributed by atoms with van der Waals surface area (Å²) in [6.45, 7) is 8.72. The molecule has 0 fully saturated rings. The van der Waals surface area contributed by atoms with Gasteiger partial charge in [0.1, 0.15) is 11.4 Å². The molecule has 4 nitrogen and oxygen atoms in total. The van der Waals surface area contributed by atoms with Crippen molar-refractivity contribution in [2.24, 2.45) is 0 Å². The van der Waals surface area contributed by atoms with E-state index >= 15 is 0 Å². The molecule has 3 aromatic heterocycles. The molecule has 0 radical (unpaired) electrons. The monoisotopic (exact) mass is 753 g/mol. The van der Waals surface area contributed by atoms with Crippen molar-refractivity contribution in [2.75, 3.05) is 0 Å². The molecular formula is C39H32N3OPt-. The average molecular weight is 754 g/mol. The molecule has 0 amide bonds. The summed E-state index contributed by atoms with van der Waals surface area (Å²) in [5.41, 5.74) is 10.8. The number of aromatic hydroxyl groups is 1. The zero-order valence-electron chi connectivity index (χ0n) is 25.1. The van der Waals surface area contributed by atoms with Gasteiger partial charge in [-0.05, 0) is 72.1 Å². The summed E-state index contributed by atoms with van der Waals surface area (Å²) in [7, 11) is 0. The van der Waals surface area contributed by atoms with Gasteiger partial charge >= 0.3 is 0 Å². The molecule has 4 aromatic carbocycles. The van der Waals surface area contributed by atoms with Gasteiger partial charge < -0.3 is 5.11 Å². The minimum Gasteiger partial charge on any atom is -0.506 e. The number of pyridine rings is 2. The first-order chi connectivity index (χ1) is 20.8. The Bertz CT molecular complexity index is 2140. The van der Waals surface area contributed by atoms with E-state index in [1.54, 1.807) is 6.07 Å². The van der Waals surface area contributed by atoms with E-state index < -0.39 is 5.41 Å². The molecule has 220 valence electrons. The maximum absolute atomic E-state index is 10.8. The standard InChI is InChI=1S/C39H32N3O.Pt/c1-25-11-9-12-26(2)37(25)28-21-22-40-36(24-28)39(3,4)29-14-10-13-27(23-29)32-20-19-31-30-15-5-6-16-33(30)42(38(31)41-32)34-17-7-8-18-35(34)43;/h5-22,24,43H,1-4H3;/q-1;. The Hall–Kier alpha value is -4.53. The molecule has 0 saturated heterocycles. The SMILES string of the molecule is Cc1cccc(C)c1-c1ccnc(C(C)(C)c2[c-]c(-c3ccc4c5ccccc5n(-c5ccccc5O)c4n3)ccc2)c1.[Pt]. The summed E-state index contributed by atoms with van der Waals surface area (Å²) >= 11 is 0. The molecule has 7 aromatic rings. The topological polar surface area (TPSA) is 50.9 Å². The van der Waals surface area contributed by atoms with Gasteiger partial charge in [-0.25, -0.2) is 0 Å². The van der Waals surface area contributed by atoms with Crippen LogP contribution in [-0.2, 0) is 26.5 Å². The Labute approximate surface area is 272 Å². The van der Waals surface area contributed by atoms with Crippen LogP contribution in [-0.4, -0.2) is 19.6 Å². The average Bonchev–Trinajstić information content (AvgIpc) is 3.35. The van der Waals surface area contributed by atoms with Gasteiger partial charge in [0, 0.05) is 49.1 Å². The quantitative estimate of drug-likeness (QED) is 0.178. The number of hydrogen-bond acceptors (Lipinski definition) is 3. The maximum Gasteiger partial charge on any atom is 0.139 e. The predicted molar refractivity (Wildman–Crippen MR) is 176 cm³/mol. The van der Waals surface area contributed by atoms with Crippen LogP contribution in [0.25, 0.3) is 50.0 Å². The summed E-state index contributed by atoms with van der Waals surface area (Å²) in [5, 5.41) is 12.9. The first-order valence-electron chi connectivity index (χ1n) is 14.6. The Morgan fingerprint density at radius 2 is 1.48 bits per heavy atom. The van der Waals surface area contributed by atoms with E-state index in [1.807, 2.05) is 41.1 Å². The third-order valence-electron chi connectivity index (χ3n) is 8.56. The van der Waals surface area contributed by atoms with Crippen molar-refractivity contribution in [2.45, 2.75) is 33.1 Å². The number of fused-ring (bicyclic) bond motifs is 3. The van der Waals surface area contributed by atoms with Crippen LogP contribution in [0.1, 0.15) is 36.2 Å². The summed E-state index contributed by atoms with van der Waals surface area (Å²) in [6.07, 6.45) is 1.91. The Kier molecular flexibility index (Phi) is 7.73. The molecule has 0 spiro atoms. The first-order valence-corrected chi connectivity index (χ1v) is 14.6. The molecule has 0 aliphatic rings. The van der Waals surface area contributed by atoms with Crippen LogP contribution in [0.2, 0.25) is 0 Å². The van der Waals surface area contributed by atoms with Gasteiger partial charge in [0.2, 0.25) is 0 Å². The normalized spacial score (nSPS) is 11.5. The Morgan fingerprint density at radius 1 is 0.750 bits per heavy atom. The van der Waals surface area contributed by atoms with Gasteiger partial charge in [-0.1, -0.05) is 74.5 Å². The fraction of sp³-hybridized carbons (Fsp3) is 0.128. The second-order valence-corrected chi connectivity index (χ2v) is 11.7. The van der Waals surface area contributed by atoms with Crippen LogP contribution in [0.5, 0.6) is 5.75 Å².